The minimum atomic E-state index is -0.251. The lowest BCUT2D eigenvalue weighted by atomic mass is 9.98. The number of imide groups is 1. The first-order valence-corrected chi connectivity index (χ1v) is 10.2. The van der Waals surface area contributed by atoms with E-state index in [2.05, 4.69) is 6.07 Å². The quantitative estimate of drug-likeness (QED) is 0.522. The van der Waals surface area contributed by atoms with Crippen molar-refractivity contribution in [2.75, 3.05) is 38.8 Å². The number of amides is 2. The van der Waals surface area contributed by atoms with Crippen LogP contribution in [0.4, 0.5) is 5.69 Å². The third-order valence-corrected chi connectivity index (χ3v) is 5.63. The molecule has 0 unspecified atom stereocenters. The van der Waals surface area contributed by atoms with Crippen LogP contribution in [-0.4, -0.2) is 50.6 Å². The number of methoxy groups -OCH3 is 2. The average molecular weight is 406 g/mol. The van der Waals surface area contributed by atoms with E-state index in [1.165, 1.54) is 10.5 Å². The number of ether oxygens (including phenoxy) is 2. The van der Waals surface area contributed by atoms with Gasteiger partial charge in [0.2, 0.25) is 0 Å². The Bertz CT molecular complexity index is 981. The number of anilines is 1. The lowest BCUT2D eigenvalue weighted by molar-refractivity contribution is -0.137. The van der Waals surface area contributed by atoms with Crippen LogP contribution in [0.1, 0.15) is 24.0 Å². The first kappa shape index (κ1) is 20.2. The maximum Gasteiger partial charge on any atom is 0.278 e. The van der Waals surface area contributed by atoms with E-state index < -0.39 is 0 Å². The molecule has 156 valence electrons. The van der Waals surface area contributed by atoms with Crippen LogP contribution in [0.25, 0.3) is 5.57 Å². The van der Waals surface area contributed by atoms with Crippen LogP contribution in [0, 0.1) is 0 Å². The van der Waals surface area contributed by atoms with Gasteiger partial charge in [-0.3, -0.25) is 14.5 Å². The summed E-state index contributed by atoms with van der Waals surface area (Å²) in [6, 6.07) is 15.4. The second-order valence-corrected chi connectivity index (χ2v) is 7.44. The van der Waals surface area contributed by atoms with Crippen LogP contribution < -0.4 is 9.64 Å². The number of rotatable bonds is 7. The number of aryl methyl sites for hydroxylation is 1. The number of fused-ring (bicyclic) bond motifs is 1. The lowest BCUT2D eigenvalue weighted by Gasteiger charge is -2.32. The highest BCUT2D eigenvalue weighted by molar-refractivity contribution is 6.36. The van der Waals surface area contributed by atoms with Crippen molar-refractivity contribution in [1.29, 1.82) is 0 Å². The first-order valence-electron chi connectivity index (χ1n) is 10.2. The van der Waals surface area contributed by atoms with Crippen molar-refractivity contribution in [2.24, 2.45) is 0 Å². The number of carbonyl (C=O) groups is 2. The van der Waals surface area contributed by atoms with E-state index in [-0.39, 0.29) is 11.8 Å². The Morgan fingerprint density at radius 2 is 1.73 bits per heavy atom. The minimum absolute atomic E-state index is 0.237. The molecule has 0 atom stereocenters. The van der Waals surface area contributed by atoms with E-state index >= 15 is 0 Å². The molecule has 2 aliphatic heterocycles. The van der Waals surface area contributed by atoms with E-state index in [4.69, 9.17) is 9.47 Å². The predicted molar refractivity (Wildman–Crippen MR) is 115 cm³/mol. The molecule has 2 aliphatic rings. The van der Waals surface area contributed by atoms with Crippen molar-refractivity contribution in [3.63, 3.8) is 0 Å². The largest absolute Gasteiger partial charge is 0.497 e. The number of benzene rings is 2. The minimum Gasteiger partial charge on any atom is -0.497 e. The molecule has 0 aromatic heterocycles. The third kappa shape index (κ3) is 3.59. The summed E-state index contributed by atoms with van der Waals surface area (Å²) in [5.41, 5.74) is 3.85. The van der Waals surface area contributed by atoms with Crippen molar-refractivity contribution in [3.05, 3.63) is 65.4 Å². The van der Waals surface area contributed by atoms with Gasteiger partial charge in [-0.25, -0.2) is 0 Å². The number of hydrogen-bond donors (Lipinski definition) is 0. The number of para-hydroxylation sites is 1. The van der Waals surface area contributed by atoms with Crippen molar-refractivity contribution in [3.8, 4) is 5.75 Å². The molecule has 2 aromatic rings. The van der Waals surface area contributed by atoms with Crippen LogP contribution in [0.5, 0.6) is 5.75 Å². The summed E-state index contributed by atoms with van der Waals surface area (Å²) < 4.78 is 10.4. The van der Waals surface area contributed by atoms with Gasteiger partial charge < -0.3 is 14.4 Å². The predicted octanol–water partition coefficient (Wildman–Crippen LogP) is 3.26. The number of nitrogens with zero attached hydrogens (tertiary/aromatic N) is 2. The van der Waals surface area contributed by atoms with Gasteiger partial charge in [0.05, 0.1) is 12.7 Å². The molecular formula is C24H26N2O4. The van der Waals surface area contributed by atoms with E-state index in [1.807, 2.05) is 47.4 Å². The van der Waals surface area contributed by atoms with Gasteiger partial charge in [0.15, 0.2) is 0 Å². The second-order valence-electron chi connectivity index (χ2n) is 7.44. The molecule has 0 spiro atoms. The van der Waals surface area contributed by atoms with E-state index in [0.29, 0.717) is 43.1 Å². The van der Waals surface area contributed by atoms with Gasteiger partial charge in [0.25, 0.3) is 11.8 Å². The summed E-state index contributed by atoms with van der Waals surface area (Å²) in [5.74, 6) is 0.218. The van der Waals surface area contributed by atoms with Crippen molar-refractivity contribution < 1.29 is 19.1 Å². The van der Waals surface area contributed by atoms with Gasteiger partial charge in [-0.15, -0.1) is 0 Å². The molecule has 30 heavy (non-hydrogen) atoms. The third-order valence-electron chi connectivity index (χ3n) is 5.63. The summed E-state index contributed by atoms with van der Waals surface area (Å²) in [6.07, 6.45) is 2.51. The standard InChI is InChI=1S/C24H26N2O4/c1-29-16-6-15-26-23(27)21(18-10-12-19(30-2)13-11-18)22(24(26)28)25-14-5-8-17-7-3-4-9-20(17)25/h3-4,7,9-13H,5-6,8,14-16H2,1-2H3. The van der Waals surface area contributed by atoms with Gasteiger partial charge in [-0.2, -0.15) is 0 Å². The molecule has 0 fully saturated rings. The molecule has 2 amide bonds. The highest BCUT2D eigenvalue weighted by Crippen LogP contribution is 2.38. The molecule has 0 bridgehead atoms. The topological polar surface area (TPSA) is 59.1 Å². The van der Waals surface area contributed by atoms with Crippen molar-refractivity contribution >= 4 is 23.1 Å². The van der Waals surface area contributed by atoms with E-state index in [9.17, 15) is 9.59 Å². The average Bonchev–Trinajstić information content (AvgIpc) is 3.03. The smallest absolute Gasteiger partial charge is 0.278 e. The highest BCUT2D eigenvalue weighted by Gasteiger charge is 2.42. The Labute approximate surface area is 176 Å². The van der Waals surface area contributed by atoms with Crippen LogP contribution in [0.15, 0.2) is 54.2 Å². The molecule has 0 saturated carbocycles. The maximum absolute atomic E-state index is 13.5. The molecule has 0 saturated heterocycles. The molecule has 0 aliphatic carbocycles. The van der Waals surface area contributed by atoms with Gasteiger partial charge >= 0.3 is 0 Å². The first-order chi connectivity index (χ1) is 14.7. The SMILES string of the molecule is COCCCN1C(=O)C(c2ccc(OC)cc2)=C(N2CCCc3ccccc32)C1=O. The zero-order valence-electron chi connectivity index (χ0n) is 17.4. The zero-order valence-corrected chi connectivity index (χ0v) is 17.4. The Hall–Kier alpha value is -3.12. The van der Waals surface area contributed by atoms with Crippen molar-refractivity contribution in [1.82, 2.24) is 4.90 Å². The normalized spacial score (nSPS) is 16.3. The molecular weight excluding hydrogens is 380 g/mol. The molecule has 4 rings (SSSR count). The Morgan fingerprint density at radius 1 is 0.967 bits per heavy atom. The molecule has 6 nitrogen and oxygen atoms in total. The van der Waals surface area contributed by atoms with Gasteiger partial charge in [-0.05, 0) is 48.6 Å². The lowest BCUT2D eigenvalue weighted by Crippen LogP contribution is -2.37. The molecule has 2 aromatic carbocycles. The Kier molecular flexibility index (Phi) is 5.86. The van der Waals surface area contributed by atoms with Crippen LogP contribution in [-0.2, 0) is 20.7 Å². The van der Waals surface area contributed by atoms with Crippen LogP contribution >= 0.6 is 0 Å². The summed E-state index contributed by atoms with van der Waals surface area (Å²) >= 11 is 0. The molecule has 0 N–H and O–H groups in total. The zero-order chi connectivity index (χ0) is 21.1. The number of hydrogen-bond acceptors (Lipinski definition) is 5. The monoisotopic (exact) mass is 406 g/mol. The van der Waals surface area contributed by atoms with Gasteiger partial charge in [-0.1, -0.05) is 30.3 Å². The van der Waals surface area contributed by atoms with Crippen molar-refractivity contribution in [2.45, 2.75) is 19.3 Å². The molecule has 6 heteroatoms. The van der Waals surface area contributed by atoms with E-state index in [0.717, 1.165) is 24.1 Å². The number of carbonyl (C=O) groups excluding carboxylic acids is 2. The summed E-state index contributed by atoms with van der Waals surface area (Å²) in [4.78, 5) is 30.2. The van der Waals surface area contributed by atoms with Crippen LogP contribution in [0.3, 0.4) is 0 Å². The summed E-state index contributed by atoms with van der Waals surface area (Å²) in [7, 11) is 3.22. The highest BCUT2D eigenvalue weighted by atomic mass is 16.5. The Morgan fingerprint density at radius 3 is 2.47 bits per heavy atom. The Balaban J connectivity index is 1.80. The molecule has 2 heterocycles. The van der Waals surface area contributed by atoms with Gasteiger partial charge in [0.1, 0.15) is 11.4 Å². The fraction of sp³-hybridized carbons (Fsp3) is 0.333. The van der Waals surface area contributed by atoms with Crippen LogP contribution in [0.2, 0.25) is 0 Å². The fourth-order valence-corrected chi connectivity index (χ4v) is 4.17. The summed E-state index contributed by atoms with van der Waals surface area (Å²) in [5, 5.41) is 0. The fourth-order valence-electron chi connectivity index (χ4n) is 4.17. The second kappa shape index (κ2) is 8.71. The van der Waals surface area contributed by atoms with E-state index in [1.54, 1.807) is 14.2 Å². The molecule has 0 radical (unpaired) electrons. The summed E-state index contributed by atoms with van der Waals surface area (Å²) in [6.45, 7) is 1.54. The van der Waals surface area contributed by atoms with Gasteiger partial charge in [0, 0.05) is 32.5 Å². The maximum atomic E-state index is 13.5.